The third kappa shape index (κ3) is 3.02. The van der Waals surface area contributed by atoms with Gasteiger partial charge in [0.05, 0.1) is 16.6 Å². The van der Waals surface area contributed by atoms with Crippen LogP contribution in [0.3, 0.4) is 0 Å². The molecule has 0 spiro atoms. The van der Waals surface area contributed by atoms with Crippen molar-refractivity contribution in [3.8, 4) is 0 Å². The van der Waals surface area contributed by atoms with Crippen LogP contribution in [0.2, 0.25) is 0 Å². The van der Waals surface area contributed by atoms with Crippen molar-refractivity contribution in [2.24, 2.45) is 5.92 Å². The monoisotopic (exact) mass is 321 g/mol. The van der Waals surface area contributed by atoms with Gasteiger partial charge in [-0.25, -0.2) is 4.98 Å². The molecule has 2 aliphatic heterocycles. The minimum absolute atomic E-state index is 0.0172. The summed E-state index contributed by atoms with van der Waals surface area (Å²) < 4.78 is 0. The molecule has 3 heterocycles. The maximum Gasteiger partial charge on any atom is 0.265 e. The Morgan fingerprint density at radius 1 is 1.09 bits per heavy atom. The number of hydrogen-bond donors (Lipinski definition) is 0. The lowest BCUT2D eigenvalue weighted by Crippen LogP contribution is -2.41. The van der Waals surface area contributed by atoms with Crippen molar-refractivity contribution in [2.75, 3.05) is 26.2 Å². The minimum atomic E-state index is -0.0172. The molecule has 1 atom stereocenters. The molecule has 0 unspecified atom stereocenters. The summed E-state index contributed by atoms with van der Waals surface area (Å²) in [7, 11) is 0. The van der Waals surface area contributed by atoms with E-state index in [-0.39, 0.29) is 17.7 Å². The summed E-state index contributed by atoms with van der Waals surface area (Å²) in [6, 6.07) is 0. The third-order valence-corrected chi connectivity index (χ3v) is 5.65. The molecule has 2 fully saturated rings. The molecule has 0 radical (unpaired) electrons. The Morgan fingerprint density at radius 3 is 2.45 bits per heavy atom. The molecule has 5 nitrogen and oxygen atoms in total. The number of piperidine rings is 1. The van der Waals surface area contributed by atoms with Gasteiger partial charge >= 0.3 is 0 Å². The van der Waals surface area contributed by atoms with Gasteiger partial charge in [-0.1, -0.05) is 0 Å². The van der Waals surface area contributed by atoms with Crippen molar-refractivity contribution in [1.82, 2.24) is 14.8 Å². The number of rotatable bonds is 2. The van der Waals surface area contributed by atoms with Crippen molar-refractivity contribution in [3.63, 3.8) is 0 Å². The van der Waals surface area contributed by atoms with Crippen LogP contribution in [0.1, 0.15) is 46.1 Å². The quantitative estimate of drug-likeness (QED) is 0.839. The molecule has 22 heavy (non-hydrogen) atoms. The Balaban J connectivity index is 1.63. The van der Waals surface area contributed by atoms with E-state index in [1.54, 1.807) is 0 Å². The molecule has 0 aliphatic carbocycles. The highest BCUT2D eigenvalue weighted by molar-refractivity contribution is 7.13. The van der Waals surface area contributed by atoms with E-state index in [0.717, 1.165) is 47.9 Å². The molecule has 1 aromatic rings. The second kappa shape index (κ2) is 6.36. The number of nitrogens with zero attached hydrogens (tertiary/aromatic N) is 3. The summed E-state index contributed by atoms with van der Waals surface area (Å²) in [4.78, 5) is 34.0. The highest BCUT2D eigenvalue weighted by atomic mass is 32.1. The van der Waals surface area contributed by atoms with Crippen molar-refractivity contribution in [1.29, 1.82) is 0 Å². The van der Waals surface area contributed by atoms with Gasteiger partial charge in [-0.05, 0) is 39.5 Å². The lowest BCUT2D eigenvalue weighted by Gasteiger charge is -2.29. The zero-order valence-electron chi connectivity index (χ0n) is 13.3. The maximum atomic E-state index is 12.6. The number of carbonyl (C=O) groups excluding carboxylic acids is 2. The van der Waals surface area contributed by atoms with Gasteiger partial charge in [-0.2, -0.15) is 0 Å². The third-order valence-electron chi connectivity index (χ3n) is 4.59. The molecule has 120 valence electrons. The van der Waals surface area contributed by atoms with E-state index < -0.39 is 0 Å². The Labute approximate surface area is 135 Å². The number of carbonyl (C=O) groups is 2. The van der Waals surface area contributed by atoms with Crippen LogP contribution >= 0.6 is 11.3 Å². The van der Waals surface area contributed by atoms with E-state index in [4.69, 9.17) is 0 Å². The summed E-state index contributed by atoms with van der Waals surface area (Å²) in [5, 5.41) is 0.918. The molecule has 0 bridgehead atoms. The molecular formula is C16H23N3O2S. The van der Waals surface area contributed by atoms with E-state index in [1.165, 1.54) is 17.8 Å². The van der Waals surface area contributed by atoms with Crippen LogP contribution in [-0.4, -0.2) is 52.8 Å². The summed E-state index contributed by atoms with van der Waals surface area (Å²) in [5.41, 5.74) is 0.804. The average molecular weight is 321 g/mol. The normalized spacial score (nSPS) is 22.2. The van der Waals surface area contributed by atoms with E-state index in [9.17, 15) is 9.59 Å². The lowest BCUT2D eigenvalue weighted by molar-refractivity contribution is -0.135. The molecule has 1 aromatic heterocycles. The number of likely N-dealkylation sites (tertiary alicyclic amines) is 2. The molecule has 3 rings (SSSR count). The number of hydrogen-bond acceptors (Lipinski definition) is 4. The van der Waals surface area contributed by atoms with Gasteiger partial charge in [0.15, 0.2) is 0 Å². The Bertz CT molecular complexity index is 578. The zero-order valence-corrected chi connectivity index (χ0v) is 14.1. The standard InChI is InChI=1S/C16H23N3O2S/c1-11-14(22-12(2)17-11)16(21)19-9-6-13(10-19)15(20)18-7-4-3-5-8-18/h13H,3-10H2,1-2H3/t13-/m1/s1. The first kappa shape index (κ1) is 15.5. The van der Waals surface area contributed by atoms with Gasteiger partial charge < -0.3 is 9.80 Å². The number of amides is 2. The molecule has 0 N–H and O–H groups in total. The van der Waals surface area contributed by atoms with Crippen molar-refractivity contribution in [3.05, 3.63) is 15.6 Å². The summed E-state index contributed by atoms with van der Waals surface area (Å²) in [6.45, 7) is 6.81. The van der Waals surface area contributed by atoms with Crippen molar-refractivity contribution < 1.29 is 9.59 Å². The van der Waals surface area contributed by atoms with E-state index in [2.05, 4.69) is 4.98 Å². The van der Waals surface area contributed by atoms with Crippen LogP contribution in [0.4, 0.5) is 0 Å². The molecule has 6 heteroatoms. The van der Waals surface area contributed by atoms with Gasteiger partial charge in [-0.3, -0.25) is 9.59 Å². The van der Waals surface area contributed by atoms with Crippen LogP contribution in [0, 0.1) is 19.8 Å². The SMILES string of the molecule is Cc1nc(C)c(C(=O)N2CC[C@@H](C(=O)N3CCCCC3)C2)s1. The zero-order chi connectivity index (χ0) is 15.7. The van der Waals surface area contributed by atoms with E-state index in [1.807, 2.05) is 23.6 Å². The predicted octanol–water partition coefficient (Wildman–Crippen LogP) is 2.23. The molecule has 2 amide bonds. The van der Waals surface area contributed by atoms with Crippen LogP contribution in [0.15, 0.2) is 0 Å². The highest BCUT2D eigenvalue weighted by Gasteiger charge is 2.35. The van der Waals surface area contributed by atoms with Crippen molar-refractivity contribution in [2.45, 2.75) is 39.5 Å². The number of aryl methyl sites for hydroxylation is 2. The van der Waals surface area contributed by atoms with Crippen LogP contribution in [0.5, 0.6) is 0 Å². The first-order valence-corrected chi connectivity index (χ1v) is 8.90. The van der Waals surface area contributed by atoms with Crippen LogP contribution in [0.25, 0.3) is 0 Å². The minimum Gasteiger partial charge on any atom is -0.342 e. The second-order valence-electron chi connectivity index (χ2n) is 6.27. The van der Waals surface area contributed by atoms with Gasteiger partial charge in [0.1, 0.15) is 4.88 Å². The fraction of sp³-hybridized carbons (Fsp3) is 0.688. The Kier molecular flexibility index (Phi) is 4.47. The second-order valence-corrected chi connectivity index (χ2v) is 7.47. The molecule has 0 aromatic carbocycles. The van der Waals surface area contributed by atoms with Gasteiger partial charge in [0, 0.05) is 26.2 Å². The van der Waals surface area contributed by atoms with E-state index in [0.29, 0.717) is 13.1 Å². The number of aromatic nitrogens is 1. The fourth-order valence-electron chi connectivity index (χ4n) is 3.39. The molecular weight excluding hydrogens is 298 g/mol. The summed E-state index contributed by atoms with van der Waals surface area (Å²) >= 11 is 1.45. The Hall–Kier alpha value is -1.43. The first-order valence-electron chi connectivity index (χ1n) is 8.08. The predicted molar refractivity (Wildman–Crippen MR) is 86.0 cm³/mol. The smallest absolute Gasteiger partial charge is 0.265 e. The summed E-state index contributed by atoms with van der Waals surface area (Å²) in [5.74, 6) is 0.264. The molecule has 0 saturated carbocycles. The molecule has 2 aliphatic rings. The van der Waals surface area contributed by atoms with Crippen molar-refractivity contribution >= 4 is 23.2 Å². The van der Waals surface area contributed by atoms with Gasteiger partial charge in [-0.15, -0.1) is 11.3 Å². The average Bonchev–Trinajstić information content (AvgIpc) is 3.13. The maximum absolute atomic E-state index is 12.6. The van der Waals surface area contributed by atoms with Crippen LogP contribution < -0.4 is 0 Å². The highest BCUT2D eigenvalue weighted by Crippen LogP contribution is 2.25. The topological polar surface area (TPSA) is 53.5 Å². The Morgan fingerprint density at radius 2 is 1.82 bits per heavy atom. The van der Waals surface area contributed by atoms with Gasteiger partial charge in [0.25, 0.3) is 5.91 Å². The largest absolute Gasteiger partial charge is 0.342 e. The van der Waals surface area contributed by atoms with E-state index >= 15 is 0 Å². The fourth-order valence-corrected chi connectivity index (χ4v) is 4.28. The lowest BCUT2D eigenvalue weighted by atomic mass is 10.0. The van der Waals surface area contributed by atoms with Gasteiger partial charge in [0.2, 0.25) is 5.91 Å². The number of thiazole rings is 1. The molecule has 2 saturated heterocycles. The van der Waals surface area contributed by atoms with Crippen LogP contribution in [-0.2, 0) is 4.79 Å². The first-order chi connectivity index (χ1) is 10.6. The summed E-state index contributed by atoms with van der Waals surface area (Å²) in [6.07, 6.45) is 4.24.